The van der Waals surface area contributed by atoms with Gasteiger partial charge in [0.2, 0.25) is 5.91 Å². The summed E-state index contributed by atoms with van der Waals surface area (Å²) in [5.41, 5.74) is 2.22. The fraction of sp³-hybridized carbons (Fsp3) is 0.800. The summed E-state index contributed by atoms with van der Waals surface area (Å²) >= 11 is 0. The highest BCUT2D eigenvalue weighted by atomic mass is 16.5. The first kappa shape index (κ1) is 19.4. The van der Waals surface area contributed by atoms with Crippen LogP contribution in [0.1, 0.15) is 44.0 Å². The lowest BCUT2D eigenvalue weighted by Gasteiger charge is -2.41. The molecule has 1 aromatic heterocycles. The molecule has 0 aliphatic carbocycles. The van der Waals surface area contributed by atoms with Gasteiger partial charge in [-0.05, 0) is 52.0 Å². The van der Waals surface area contributed by atoms with Crippen LogP contribution in [-0.2, 0) is 16.1 Å². The second kappa shape index (κ2) is 9.00. The van der Waals surface area contributed by atoms with Crippen LogP contribution in [0.3, 0.4) is 0 Å². The van der Waals surface area contributed by atoms with Crippen molar-refractivity contribution in [2.45, 2.75) is 59.0 Å². The molecule has 0 spiro atoms. The number of likely N-dealkylation sites (tertiary alicyclic amines) is 1. The third-order valence-electron chi connectivity index (χ3n) is 6.06. The summed E-state index contributed by atoms with van der Waals surface area (Å²) in [6.07, 6.45) is 3.75. The Labute approximate surface area is 157 Å². The Kier molecular flexibility index (Phi) is 6.70. The predicted octanol–water partition coefficient (Wildman–Crippen LogP) is 2.24. The number of amides is 1. The number of ether oxygens (including phenoxy) is 1. The molecule has 2 aliphatic rings. The van der Waals surface area contributed by atoms with Crippen molar-refractivity contribution in [1.82, 2.24) is 19.6 Å². The maximum Gasteiger partial charge on any atom is 0.222 e. The van der Waals surface area contributed by atoms with Gasteiger partial charge in [-0.2, -0.15) is 5.10 Å². The molecular weight excluding hydrogens is 328 g/mol. The van der Waals surface area contributed by atoms with Crippen molar-refractivity contribution in [3.63, 3.8) is 0 Å². The van der Waals surface area contributed by atoms with Gasteiger partial charge in [0, 0.05) is 50.9 Å². The van der Waals surface area contributed by atoms with Gasteiger partial charge < -0.3 is 9.64 Å². The smallest absolute Gasteiger partial charge is 0.222 e. The van der Waals surface area contributed by atoms with E-state index in [-0.39, 0.29) is 0 Å². The molecule has 0 N–H and O–H groups in total. The number of nitrogens with zero attached hydrogens (tertiary/aromatic N) is 4. The Morgan fingerprint density at radius 1 is 1.23 bits per heavy atom. The quantitative estimate of drug-likeness (QED) is 0.779. The highest BCUT2D eigenvalue weighted by Gasteiger charge is 2.29. The molecule has 6 heteroatoms. The second-order valence-electron chi connectivity index (χ2n) is 7.86. The standard InChI is InChI=1S/C20H34N4O2/c1-16-15-17(2)24(21-16)8-4-5-20(25)23-9-6-19(7-10-23)18(3)22-11-13-26-14-12-22/h15,18-19H,4-14H2,1-3H3/t18-/m0/s1. The normalized spacial score (nSPS) is 21.1. The fourth-order valence-electron chi connectivity index (χ4n) is 4.35. The van der Waals surface area contributed by atoms with Gasteiger partial charge in [-0.3, -0.25) is 14.4 Å². The van der Waals surface area contributed by atoms with Gasteiger partial charge in [0.1, 0.15) is 0 Å². The number of hydrogen-bond acceptors (Lipinski definition) is 4. The van der Waals surface area contributed by atoms with Gasteiger partial charge >= 0.3 is 0 Å². The van der Waals surface area contributed by atoms with Crippen LogP contribution in [0.2, 0.25) is 0 Å². The molecule has 1 atom stereocenters. The number of piperidine rings is 1. The van der Waals surface area contributed by atoms with Crippen LogP contribution in [0.5, 0.6) is 0 Å². The molecule has 2 saturated heterocycles. The van der Waals surface area contributed by atoms with E-state index in [0.29, 0.717) is 24.3 Å². The molecule has 0 unspecified atom stereocenters. The first-order valence-electron chi connectivity index (χ1n) is 10.1. The highest BCUT2D eigenvalue weighted by Crippen LogP contribution is 2.25. The van der Waals surface area contributed by atoms with Crippen LogP contribution in [0.25, 0.3) is 0 Å². The van der Waals surface area contributed by atoms with Crippen molar-refractivity contribution in [1.29, 1.82) is 0 Å². The molecule has 0 radical (unpaired) electrons. The molecule has 146 valence electrons. The van der Waals surface area contributed by atoms with Gasteiger partial charge in [0.05, 0.1) is 18.9 Å². The molecule has 3 rings (SSSR count). The second-order valence-corrected chi connectivity index (χ2v) is 7.86. The average molecular weight is 363 g/mol. The maximum absolute atomic E-state index is 12.5. The summed E-state index contributed by atoms with van der Waals surface area (Å²) in [4.78, 5) is 17.2. The topological polar surface area (TPSA) is 50.6 Å². The van der Waals surface area contributed by atoms with E-state index in [1.807, 2.05) is 11.6 Å². The lowest BCUT2D eigenvalue weighted by molar-refractivity contribution is -0.133. The number of rotatable bonds is 6. The van der Waals surface area contributed by atoms with Gasteiger partial charge in [-0.15, -0.1) is 0 Å². The van der Waals surface area contributed by atoms with Crippen molar-refractivity contribution >= 4 is 5.91 Å². The Morgan fingerprint density at radius 3 is 2.54 bits per heavy atom. The van der Waals surface area contributed by atoms with Gasteiger partial charge in [0.25, 0.3) is 0 Å². The number of carbonyl (C=O) groups excluding carboxylic acids is 1. The van der Waals surface area contributed by atoms with E-state index in [9.17, 15) is 4.79 Å². The Bertz CT molecular complexity index is 587. The van der Waals surface area contributed by atoms with Gasteiger partial charge in [-0.1, -0.05) is 0 Å². The van der Waals surface area contributed by atoms with Crippen molar-refractivity contribution in [3.8, 4) is 0 Å². The molecule has 1 amide bonds. The minimum absolute atomic E-state index is 0.309. The largest absolute Gasteiger partial charge is 0.379 e. The van der Waals surface area contributed by atoms with E-state index in [0.717, 1.165) is 70.9 Å². The molecule has 2 aliphatic heterocycles. The SMILES string of the molecule is Cc1cc(C)n(CCCC(=O)N2CCC([C@H](C)N3CCOCC3)CC2)n1. The zero-order valence-corrected chi connectivity index (χ0v) is 16.6. The molecule has 0 saturated carbocycles. The van der Waals surface area contributed by atoms with E-state index in [4.69, 9.17) is 4.74 Å². The zero-order chi connectivity index (χ0) is 18.5. The lowest BCUT2D eigenvalue weighted by atomic mass is 9.89. The average Bonchev–Trinajstić information content (AvgIpc) is 2.99. The fourth-order valence-corrected chi connectivity index (χ4v) is 4.35. The van der Waals surface area contributed by atoms with Crippen LogP contribution in [-0.4, -0.2) is 70.9 Å². The molecule has 2 fully saturated rings. The Morgan fingerprint density at radius 2 is 1.92 bits per heavy atom. The molecule has 3 heterocycles. The molecule has 0 bridgehead atoms. The molecule has 1 aromatic rings. The highest BCUT2D eigenvalue weighted by molar-refractivity contribution is 5.76. The number of hydrogen-bond donors (Lipinski definition) is 0. The van der Waals surface area contributed by atoms with Crippen LogP contribution in [0, 0.1) is 19.8 Å². The van der Waals surface area contributed by atoms with E-state index >= 15 is 0 Å². The minimum Gasteiger partial charge on any atom is -0.379 e. The Balaban J connectivity index is 1.38. The maximum atomic E-state index is 12.5. The first-order valence-corrected chi connectivity index (χ1v) is 10.1. The third-order valence-corrected chi connectivity index (χ3v) is 6.06. The van der Waals surface area contributed by atoms with Crippen LogP contribution in [0.4, 0.5) is 0 Å². The number of aromatic nitrogens is 2. The predicted molar refractivity (Wildman–Crippen MR) is 102 cm³/mol. The number of morpholine rings is 1. The van der Waals surface area contributed by atoms with Crippen molar-refractivity contribution < 1.29 is 9.53 Å². The van der Waals surface area contributed by atoms with E-state index in [1.165, 1.54) is 5.69 Å². The van der Waals surface area contributed by atoms with Crippen LogP contribution >= 0.6 is 0 Å². The van der Waals surface area contributed by atoms with Crippen molar-refractivity contribution in [3.05, 3.63) is 17.5 Å². The molecule has 6 nitrogen and oxygen atoms in total. The van der Waals surface area contributed by atoms with Crippen molar-refractivity contribution in [2.24, 2.45) is 5.92 Å². The summed E-state index contributed by atoms with van der Waals surface area (Å²) in [6, 6.07) is 2.68. The van der Waals surface area contributed by atoms with E-state index < -0.39 is 0 Å². The van der Waals surface area contributed by atoms with Gasteiger partial charge in [-0.25, -0.2) is 0 Å². The molecular formula is C20H34N4O2. The number of carbonyl (C=O) groups is 1. The molecule has 26 heavy (non-hydrogen) atoms. The van der Waals surface area contributed by atoms with Crippen molar-refractivity contribution in [2.75, 3.05) is 39.4 Å². The third kappa shape index (κ3) is 4.86. The monoisotopic (exact) mass is 362 g/mol. The minimum atomic E-state index is 0.309. The number of aryl methyl sites for hydroxylation is 3. The van der Waals surface area contributed by atoms with Crippen LogP contribution in [0.15, 0.2) is 6.07 Å². The summed E-state index contributed by atoms with van der Waals surface area (Å²) in [5, 5.41) is 4.47. The zero-order valence-electron chi connectivity index (χ0n) is 16.6. The summed E-state index contributed by atoms with van der Waals surface area (Å²) in [5.74, 6) is 1.01. The van der Waals surface area contributed by atoms with Crippen LogP contribution < -0.4 is 0 Å². The van der Waals surface area contributed by atoms with E-state index in [1.54, 1.807) is 0 Å². The Hall–Kier alpha value is -1.40. The summed E-state index contributed by atoms with van der Waals surface area (Å²) in [7, 11) is 0. The molecule has 0 aromatic carbocycles. The summed E-state index contributed by atoms with van der Waals surface area (Å²) < 4.78 is 7.48. The lowest BCUT2D eigenvalue weighted by Crippen LogP contribution is -2.49. The first-order chi connectivity index (χ1) is 12.5. The van der Waals surface area contributed by atoms with Gasteiger partial charge in [0.15, 0.2) is 0 Å². The summed E-state index contributed by atoms with van der Waals surface area (Å²) in [6.45, 7) is 12.9. The van der Waals surface area contributed by atoms with E-state index in [2.05, 4.69) is 34.8 Å².